The van der Waals surface area contributed by atoms with Crippen LogP contribution in [0.25, 0.3) is 0 Å². The van der Waals surface area contributed by atoms with Gasteiger partial charge in [-0.2, -0.15) is 0 Å². The third-order valence-corrected chi connectivity index (χ3v) is 5.91. The Labute approximate surface area is 156 Å². The number of rotatable bonds is 5. The highest BCUT2D eigenvalue weighted by molar-refractivity contribution is 5.44. The Hall–Kier alpha value is -1.98. The van der Waals surface area contributed by atoms with Crippen LogP contribution in [0, 0.1) is 0 Å². The monoisotopic (exact) mass is 352 g/mol. The summed E-state index contributed by atoms with van der Waals surface area (Å²) in [4.78, 5) is 13.2. The molecule has 4 rings (SSSR count). The van der Waals surface area contributed by atoms with Crippen molar-refractivity contribution in [1.29, 1.82) is 0 Å². The van der Waals surface area contributed by atoms with Crippen molar-refractivity contribution in [1.82, 2.24) is 14.9 Å². The number of hydrogen-bond donors (Lipinski definition) is 0. The second kappa shape index (κ2) is 7.33. The third-order valence-electron chi connectivity index (χ3n) is 5.91. The fourth-order valence-corrected chi connectivity index (χ4v) is 4.45. The Kier molecular flexibility index (Phi) is 4.92. The molecule has 1 atom stereocenters. The summed E-state index contributed by atoms with van der Waals surface area (Å²) in [6.45, 7) is 3.80. The fraction of sp³-hybridized carbons (Fsp3) is 0.524. The minimum atomic E-state index is 0.231. The van der Waals surface area contributed by atoms with Gasteiger partial charge in [0, 0.05) is 37.4 Å². The zero-order valence-electron chi connectivity index (χ0n) is 15.8. The van der Waals surface area contributed by atoms with Gasteiger partial charge < -0.3 is 14.5 Å². The number of nitrogens with zero attached hydrogens (tertiary/aromatic N) is 4. The normalized spacial score (nSPS) is 21.3. The lowest BCUT2D eigenvalue weighted by Crippen LogP contribution is -2.42. The van der Waals surface area contributed by atoms with Crippen LogP contribution >= 0.6 is 0 Å². The number of fused-ring (bicyclic) bond motifs is 2. The van der Waals surface area contributed by atoms with Gasteiger partial charge in [0.05, 0.1) is 18.9 Å². The Morgan fingerprint density at radius 3 is 2.73 bits per heavy atom. The second-order valence-electron chi connectivity index (χ2n) is 7.79. The van der Waals surface area contributed by atoms with Crippen molar-refractivity contribution in [2.45, 2.75) is 30.8 Å². The molecule has 2 aliphatic rings. The maximum absolute atomic E-state index is 6.30. The van der Waals surface area contributed by atoms with Gasteiger partial charge in [-0.1, -0.05) is 24.3 Å². The molecule has 5 nitrogen and oxygen atoms in total. The van der Waals surface area contributed by atoms with E-state index in [4.69, 9.17) is 4.74 Å². The molecule has 1 saturated heterocycles. The molecule has 0 amide bonds. The molecular weight excluding hydrogens is 324 g/mol. The average Bonchev–Trinajstić information content (AvgIpc) is 2.97. The predicted molar refractivity (Wildman–Crippen MR) is 103 cm³/mol. The van der Waals surface area contributed by atoms with Gasteiger partial charge in [0.15, 0.2) is 0 Å². The van der Waals surface area contributed by atoms with Crippen LogP contribution in [0.5, 0.6) is 0 Å². The van der Waals surface area contributed by atoms with E-state index < -0.39 is 0 Å². The summed E-state index contributed by atoms with van der Waals surface area (Å²) in [7, 11) is 4.19. The Morgan fingerprint density at radius 2 is 2.00 bits per heavy atom. The number of ether oxygens (including phenoxy) is 1. The number of anilines is 1. The molecule has 1 aliphatic heterocycles. The molecule has 0 N–H and O–H groups in total. The van der Waals surface area contributed by atoms with Gasteiger partial charge >= 0.3 is 0 Å². The average molecular weight is 352 g/mol. The van der Waals surface area contributed by atoms with Gasteiger partial charge in [-0.3, -0.25) is 4.98 Å². The molecule has 1 unspecified atom stereocenters. The molecule has 1 fully saturated rings. The molecule has 26 heavy (non-hydrogen) atoms. The zero-order valence-corrected chi connectivity index (χ0v) is 15.8. The van der Waals surface area contributed by atoms with Crippen LogP contribution in [0.1, 0.15) is 36.5 Å². The molecule has 0 saturated carbocycles. The van der Waals surface area contributed by atoms with Crippen LogP contribution < -0.4 is 4.90 Å². The van der Waals surface area contributed by atoms with Crippen molar-refractivity contribution in [2.24, 2.45) is 0 Å². The van der Waals surface area contributed by atoms with Crippen molar-refractivity contribution in [3.63, 3.8) is 0 Å². The molecule has 138 valence electrons. The van der Waals surface area contributed by atoms with E-state index in [1.165, 1.54) is 11.1 Å². The van der Waals surface area contributed by atoms with Crippen LogP contribution in [0.2, 0.25) is 0 Å². The third kappa shape index (κ3) is 3.33. The maximum Gasteiger partial charge on any atom is 0.147 e. The summed E-state index contributed by atoms with van der Waals surface area (Å²) in [5.74, 6) is 0.993. The van der Waals surface area contributed by atoms with Crippen LogP contribution in [0.15, 0.2) is 42.9 Å². The first-order chi connectivity index (χ1) is 12.7. The summed E-state index contributed by atoms with van der Waals surface area (Å²) in [6.07, 6.45) is 9.01. The van der Waals surface area contributed by atoms with Gasteiger partial charge in [0.2, 0.25) is 0 Å². The molecule has 2 aromatic rings. The Bertz CT molecular complexity index is 726. The van der Waals surface area contributed by atoms with Crippen LogP contribution in [-0.4, -0.2) is 55.2 Å². The van der Waals surface area contributed by atoms with E-state index in [0.29, 0.717) is 0 Å². The molecule has 0 radical (unpaired) electrons. The predicted octanol–water partition coefficient (Wildman–Crippen LogP) is 3.04. The van der Waals surface area contributed by atoms with Crippen molar-refractivity contribution in [3.05, 3.63) is 54.0 Å². The first-order valence-electron chi connectivity index (χ1n) is 9.55. The summed E-state index contributed by atoms with van der Waals surface area (Å²) in [5.41, 5.74) is 3.16. The van der Waals surface area contributed by atoms with E-state index >= 15 is 0 Å². The van der Waals surface area contributed by atoms with Gasteiger partial charge in [-0.25, -0.2) is 4.98 Å². The zero-order chi connectivity index (χ0) is 18.0. The molecule has 1 aliphatic carbocycles. The van der Waals surface area contributed by atoms with Crippen LogP contribution in [-0.2, 0) is 10.2 Å². The van der Waals surface area contributed by atoms with Gasteiger partial charge in [-0.05, 0) is 44.5 Å². The van der Waals surface area contributed by atoms with Crippen molar-refractivity contribution in [3.8, 4) is 0 Å². The van der Waals surface area contributed by atoms with Crippen molar-refractivity contribution < 1.29 is 4.74 Å². The fourth-order valence-electron chi connectivity index (χ4n) is 4.45. The molecule has 0 bridgehead atoms. The molecule has 2 heterocycles. The van der Waals surface area contributed by atoms with Crippen LogP contribution in [0.4, 0.5) is 5.82 Å². The van der Waals surface area contributed by atoms with Gasteiger partial charge in [0.25, 0.3) is 0 Å². The minimum absolute atomic E-state index is 0.231. The molecule has 1 aromatic heterocycles. The van der Waals surface area contributed by atoms with E-state index in [1.54, 1.807) is 12.4 Å². The lowest BCUT2D eigenvalue weighted by Gasteiger charge is -2.40. The summed E-state index contributed by atoms with van der Waals surface area (Å²) in [6, 6.07) is 8.91. The van der Waals surface area contributed by atoms with Crippen molar-refractivity contribution in [2.75, 3.05) is 45.2 Å². The molecular formula is C21H28N4O. The van der Waals surface area contributed by atoms with Gasteiger partial charge in [0.1, 0.15) is 5.82 Å². The summed E-state index contributed by atoms with van der Waals surface area (Å²) in [5, 5.41) is 0. The van der Waals surface area contributed by atoms with Crippen LogP contribution in [0.3, 0.4) is 0 Å². The Morgan fingerprint density at radius 1 is 1.19 bits per heavy atom. The number of piperidine rings is 1. The summed E-state index contributed by atoms with van der Waals surface area (Å²) < 4.78 is 6.30. The molecule has 1 aromatic carbocycles. The highest BCUT2D eigenvalue weighted by atomic mass is 16.5. The number of hydrogen-bond acceptors (Lipinski definition) is 5. The quantitative estimate of drug-likeness (QED) is 0.827. The maximum atomic E-state index is 6.30. The van der Waals surface area contributed by atoms with Crippen molar-refractivity contribution >= 4 is 5.82 Å². The van der Waals surface area contributed by atoms with E-state index in [1.807, 2.05) is 6.20 Å². The molecule has 1 spiro atoms. The lowest BCUT2D eigenvalue weighted by atomic mass is 9.74. The SMILES string of the molecule is CN(C)CCOC1CC2(CCN(c3cnccn3)CC2)c2ccccc21. The lowest BCUT2D eigenvalue weighted by molar-refractivity contribution is 0.0316. The van der Waals surface area contributed by atoms with E-state index in [2.05, 4.69) is 58.1 Å². The summed E-state index contributed by atoms with van der Waals surface area (Å²) >= 11 is 0. The molecule has 5 heteroatoms. The first kappa shape index (κ1) is 17.4. The largest absolute Gasteiger partial charge is 0.372 e. The van der Waals surface area contributed by atoms with E-state index in [-0.39, 0.29) is 11.5 Å². The standard InChI is InChI=1S/C21H28N4O/c1-24(2)13-14-26-19-15-21(18-6-4-3-5-17(18)19)7-11-25(12-8-21)20-16-22-9-10-23-20/h3-6,9-10,16,19H,7-8,11-15H2,1-2H3. The highest BCUT2D eigenvalue weighted by Gasteiger charge is 2.45. The first-order valence-corrected chi connectivity index (χ1v) is 9.55. The smallest absolute Gasteiger partial charge is 0.147 e. The second-order valence-corrected chi connectivity index (χ2v) is 7.79. The minimum Gasteiger partial charge on any atom is -0.372 e. The number of aromatic nitrogens is 2. The Balaban J connectivity index is 1.49. The topological polar surface area (TPSA) is 41.5 Å². The van der Waals surface area contributed by atoms with Gasteiger partial charge in [-0.15, -0.1) is 0 Å². The number of benzene rings is 1. The van der Waals surface area contributed by atoms with E-state index in [0.717, 1.165) is 51.3 Å². The number of likely N-dealkylation sites (N-methyl/N-ethyl adjacent to an activating group) is 1. The van der Waals surface area contributed by atoms with E-state index in [9.17, 15) is 0 Å². The highest BCUT2D eigenvalue weighted by Crippen LogP contribution is 2.52.